The van der Waals surface area contributed by atoms with Gasteiger partial charge in [-0.25, -0.2) is 4.79 Å². The quantitative estimate of drug-likeness (QED) is 0.848. The molecule has 1 aromatic rings. The molecular formula is C15H23N3O3. The highest BCUT2D eigenvalue weighted by atomic mass is 16.5. The Morgan fingerprint density at radius 3 is 2.90 bits per heavy atom. The van der Waals surface area contributed by atoms with E-state index in [0.717, 1.165) is 30.7 Å². The molecule has 0 aliphatic carbocycles. The lowest BCUT2D eigenvalue weighted by Gasteiger charge is -2.22. The number of aromatic nitrogens is 2. The Labute approximate surface area is 124 Å². The summed E-state index contributed by atoms with van der Waals surface area (Å²) in [7, 11) is 0. The molecule has 0 bridgehead atoms. The molecule has 6 nitrogen and oxygen atoms in total. The van der Waals surface area contributed by atoms with E-state index < -0.39 is 0 Å². The van der Waals surface area contributed by atoms with Crippen molar-refractivity contribution in [1.82, 2.24) is 15.3 Å². The van der Waals surface area contributed by atoms with Crippen LogP contribution in [0.4, 0.5) is 0 Å². The summed E-state index contributed by atoms with van der Waals surface area (Å²) >= 11 is 0. The molecule has 1 aliphatic rings. The van der Waals surface area contributed by atoms with Crippen LogP contribution in [0, 0.1) is 13.8 Å². The summed E-state index contributed by atoms with van der Waals surface area (Å²) in [5.41, 5.74) is 2.09. The SMILES string of the molecule is Cc1nc(=O)[nH]c(C)c1CCC(=O)NC[C@@H]1CCCCO1. The number of hydrogen-bond acceptors (Lipinski definition) is 4. The number of ether oxygens (including phenoxy) is 1. The van der Waals surface area contributed by atoms with Gasteiger partial charge in [0.25, 0.3) is 0 Å². The minimum absolute atomic E-state index is 0.00849. The second-order valence-electron chi connectivity index (χ2n) is 5.52. The fraction of sp³-hybridized carbons (Fsp3) is 0.667. The minimum atomic E-state index is -0.340. The fourth-order valence-electron chi connectivity index (χ4n) is 2.65. The van der Waals surface area contributed by atoms with Gasteiger partial charge in [-0.1, -0.05) is 0 Å². The van der Waals surface area contributed by atoms with E-state index in [0.29, 0.717) is 25.1 Å². The lowest BCUT2D eigenvalue weighted by Crippen LogP contribution is -2.35. The molecule has 0 spiro atoms. The molecule has 0 radical (unpaired) electrons. The molecule has 1 atom stereocenters. The number of nitrogens with zero attached hydrogens (tertiary/aromatic N) is 1. The van der Waals surface area contributed by atoms with Crippen LogP contribution >= 0.6 is 0 Å². The van der Waals surface area contributed by atoms with E-state index >= 15 is 0 Å². The van der Waals surface area contributed by atoms with Gasteiger partial charge >= 0.3 is 5.69 Å². The number of amides is 1. The van der Waals surface area contributed by atoms with E-state index in [1.54, 1.807) is 6.92 Å². The molecule has 1 fully saturated rings. The number of H-pyrrole nitrogens is 1. The van der Waals surface area contributed by atoms with Gasteiger partial charge in [0.15, 0.2) is 0 Å². The Bertz CT molecular complexity index is 521. The van der Waals surface area contributed by atoms with Gasteiger partial charge in [0, 0.05) is 31.0 Å². The van der Waals surface area contributed by atoms with E-state index in [1.165, 1.54) is 6.42 Å². The number of aryl methyl sites for hydroxylation is 2. The van der Waals surface area contributed by atoms with Crippen LogP contribution in [0.1, 0.15) is 42.6 Å². The van der Waals surface area contributed by atoms with Gasteiger partial charge in [-0.05, 0) is 45.1 Å². The van der Waals surface area contributed by atoms with Gasteiger partial charge < -0.3 is 15.0 Å². The topological polar surface area (TPSA) is 84.1 Å². The molecule has 2 rings (SSSR count). The monoisotopic (exact) mass is 293 g/mol. The predicted molar refractivity (Wildman–Crippen MR) is 79.3 cm³/mol. The second-order valence-corrected chi connectivity index (χ2v) is 5.52. The third kappa shape index (κ3) is 4.67. The van der Waals surface area contributed by atoms with Crippen molar-refractivity contribution in [2.75, 3.05) is 13.2 Å². The lowest BCUT2D eigenvalue weighted by molar-refractivity contribution is -0.122. The molecule has 21 heavy (non-hydrogen) atoms. The summed E-state index contributed by atoms with van der Waals surface area (Å²) in [6, 6.07) is 0. The molecule has 1 aliphatic heterocycles. The number of hydrogen-bond donors (Lipinski definition) is 2. The standard InChI is InChI=1S/C15H23N3O3/c1-10-13(11(2)18-15(20)17-10)6-7-14(19)16-9-12-5-3-4-8-21-12/h12H,3-9H2,1-2H3,(H,16,19)(H,17,18,20)/t12-/m0/s1. The normalized spacial score (nSPS) is 18.5. The Kier molecular flexibility index (Phi) is 5.50. The maximum absolute atomic E-state index is 11.9. The molecule has 1 aromatic heterocycles. The van der Waals surface area contributed by atoms with Gasteiger partial charge in [0.05, 0.1) is 6.10 Å². The summed E-state index contributed by atoms with van der Waals surface area (Å²) in [5.74, 6) is 0.00849. The highest BCUT2D eigenvalue weighted by Crippen LogP contribution is 2.12. The molecule has 1 amide bonds. The second kappa shape index (κ2) is 7.36. The molecule has 116 valence electrons. The summed E-state index contributed by atoms with van der Waals surface area (Å²) in [6.07, 6.45) is 4.42. The van der Waals surface area contributed by atoms with Crippen molar-refractivity contribution in [2.24, 2.45) is 0 Å². The van der Waals surface area contributed by atoms with Crippen LogP contribution in [-0.2, 0) is 16.0 Å². The minimum Gasteiger partial charge on any atom is -0.376 e. The van der Waals surface area contributed by atoms with Crippen molar-refractivity contribution in [3.8, 4) is 0 Å². The molecule has 6 heteroatoms. The maximum atomic E-state index is 11.9. The molecule has 1 saturated heterocycles. The summed E-state index contributed by atoms with van der Waals surface area (Å²) in [6.45, 7) is 5.01. The van der Waals surface area contributed by atoms with Gasteiger partial charge in [-0.15, -0.1) is 0 Å². The summed E-state index contributed by atoms with van der Waals surface area (Å²) in [5, 5.41) is 2.92. The molecule has 0 saturated carbocycles. The first-order valence-corrected chi connectivity index (χ1v) is 7.51. The van der Waals surface area contributed by atoms with Crippen molar-refractivity contribution in [1.29, 1.82) is 0 Å². The van der Waals surface area contributed by atoms with Crippen LogP contribution < -0.4 is 11.0 Å². The van der Waals surface area contributed by atoms with Crippen molar-refractivity contribution < 1.29 is 9.53 Å². The van der Waals surface area contributed by atoms with Crippen molar-refractivity contribution in [3.05, 3.63) is 27.4 Å². The first-order valence-electron chi connectivity index (χ1n) is 7.51. The third-order valence-electron chi connectivity index (χ3n) is 3.86. The van der Waals surface area contributed by atoms with Crippen LogP contribution in [0.15, 0.2) is 4.79 Å². The first kappa shape index (κ1) is 15.7. The van der Waals surface area contributed by atoms with E-state index in [2.05, 4.69) is 15.3 Å². The van der Waals surface area contributed by atoms with E-state index in [4.69, 9.17) is 4.74 Å². The molecule has 0 aromatic carbocycles. The fourth-order valence-corrected chi connectivity index (χ4v) is 2.65. The zero-order valence-electron chi connectivity index (χ0n) is 12.7. The Balaban J connectivity index is 1.80. The van der Waals surface area contributed by atoms with E-state index in [9.17, 15) is 9.59 Å². The van der Waals surface area contributed by atoms with Crippen LogP contribution in [-0.4, -0.2) is 35.1 Å². The van der Waals surface area contributed by atoms with Crippen molar-refractivity contribution in [3.63, 3.8) is 0 Å². The zero-order chi connectivity index (χ0) is 15.2. The maximum Gasteiger partial charge on any atom is 0.345 e. The van der Waals surface area contributed by atoms with Gasteiger partial charge in [0.2, 0.25) is 5.91 Å². The molecule has 2 N–H and O–H groups in total. The van der Waals surface area contributed by atoms with Crippen LogP contribution in [0.3, 0.4) is 0 Å². The van der Waals surface area contributed by atoms with Crippen LogP contribution in [0.5, 0.6) is 0 Å². The highest BCUT2D eigenvalue weighted by Gasteiger charge is 2.15. The van der Waals surface area contributed by atoms with Crippen molar-refractivity contribution in [2.45, 2.75) is 52.1 Å². The Morgan fingerprint density at radius 2 is 2.24 bits per heavy atom. The number of nitrogens with one attached hydrogen (secondary N) is 2. The largest absolute Gasteiger partial charge is 0.376 e. The van der Waals surface area contributed by atoms with E-state index in [1.807, 2.05) is 6.92 Å². The van der Waals surface area contributed by atoms with Crippen molar-refractivity contribution >= 4 is 5.91 Å². The smallest absolute Gasteiger partial charge is 0.345 e. The molecule has 0 unspecified atom stereocenters. The summed E-state index contributed by atoms with van der Waals surface area (Å²) in [4.78, 5) is 29.6. The first-order chi connectivity index (χ1) is 10.1. The molecule has 2 heterocycles. The highest BCUT2D eigenvalue weighted by molar-refractivity contribution is 5.76. The Morgan fingerprint density at radius 1 is 1.43 bits per heavy atom. The van der Waals surface area contributed by atoms with Gasteiger partial charge in [0.1, 0.15) is 0 Å². The van der Waals surface area contributed by atoms with Gasteiger partial charge in [-0.2, -0.15) is 4.98 Å². The average molecular weight is 293 g/mol. The average Bonchev–Trinajstić information content (AvgIpc) is 2.45. The number of aromatic amines is 1. The third-order valence-corrected chi connectivity index (χ3v) is 3.86. The zero-order valence-corrected chi connectivity index (χ0v) is 12.7. The predicted octanol–water partition coefficient (Wildman–Crippen LogP) is 1.00. The lowest BCUT2D eigenvalue weighted by atomic mass is 10.1. The van der Waals surface area contributed by atoms with Gasteiger partial charge in [-0.3, -0.25) is 4.79 Å². The van der Waals surface area contributed by atoms with Crippen LogP contribution in [0.25, 0.3) is 0 Å². The number of carbonyl (C=O) groups is 1. The van der Waals surface area contributed by atoms with E-state index in [-0.39, 0.29) is 17.7 Å². The summed E-state index contributed by atoms with van der Waals surface area (Å²) < 4.78 is 5.58. The number of carbonyl (C=O) groups excluding carboxylic acids is 1. The number of rotatable bonds is 5. The Hall–Kier alpha value is -1.69. The van der Waals surface area contributed by atoms with Crippen LogP contribution in [0.2, 0.25) is 0 Å². The molecular weight excluding hydrogens is 270 g/mol.